The Kier molecular flexibility index (Phi) is 1.86. The largest absolute Gasteiger partial charge is 0.512 e. The number of rotatable bonds is 1. The van der Waals surface area contributed by atoms with E-state index in [9.17, 15) is 5.11 Å². The van der Waals surface area contributed by atoms with E-state index < -0.39 is 0 Å². The van der Waals surface area contributed by atoms with Gasteiger partial charge in [0.15, 0.2) is 0 Å². The molecule has 12 heavy (non-hydrogen) atoms. The molecule has 0 heterocycles. The maximum Gasteiger partial charge on any atom is 0.0960 e. The minimum atomic E-state index is 0.584. The minimum Gasteiger partial charge on any atom is -0.512 e. The molecule has 2 rings (SSSR count). The van der Waals surface area contributed by atoms with E-state index in [1.54, 1.807) is 0 Å². The summed E-state index contributed by atoms with van der Waals surface area (Å²) in [5.74, 6) is 0.584. The molecule has 1 heteroatoms. The summed E-state index contributed by atoms with van der Waals surface area (Å²) in [6, 6.07) is 10.1. The molecule has 0 spiro atoms. The molecule has 0 saturated carbocycles. The standard InChI is InChI=1S/C11H12O/c12-11-8-4-7-10(11)9-5-2-1-3-6-9/h1-3,5-6,12H,4,7-8H2. The average molecular weight is 160 g/mol. The third-order valence-corrected chi connectivity index (χ3v) is 2.31. The molecular weight excluding hydrogens is 148 g/mol. The van der Waals surface area contributed by atoms with Gasteiger partial charge in [-0.1, -0.05) is 30.3 Å². The van der Waals surface area contributed by atoms with Crippen LogP contribution in [0.5, 0.6) is 0 Å². The molecule has 1 N–H and O–H groups in total. The second kappa shape index (κ2) is 3.02. The molecule has 0 amide bonds. The van der Waals surface area contributed by atoms with Gasteiger partial charge in [0.1, 0.15) is 0 Å². The molecule has 0 aliphatic heterocycles. The zero-order valence-electron chi connectivity index (χ0n) is 6.96. The summed E-state index contributed by atoms with van der Waals surface area (Å²) in [7, 11) is 0. The summed E-state index contributed by atoms with van der Waals surface area (Å²) in [6.45, 7) is 0. The van der Waals surface area contributed by atoms with Crippen molar-refractivity contribution in [1.82, 2.24) is 0 Å². The molecule has 1 aliphatic carbocycles. The Bertz CT molecular complexity index is 298. The van der Waals surface area contributed by atoms with E-state index >= 15 is 0 Å². The highest BCUT2D eigenvalue weighted by Gasteiger charge is 2.14. The van der Waals surface area contributed by atoms with Crippen LogP contribution in [0, 0.1) is 0 Å². The van der Waals surface area contributed by atoms with Crippen LogP contribution in [0.15, 0.2) is 36.1 Å². The summed E-state index contributed by atoms with van der Waals surface area (Å²) < 4.78 is 0. The second-order valence-electron chi connectivity index (χ2n) is 3.14. The van der Waals surface area contributed by atoms with Crippen LogP contribution in [0.25, 0.3) is 5.57 Å². The third-order valence-electron chi connectivity index (χ3n) is 2.31. The van der Waals surface area contributed by atoms with Gasteiger partial charge in [-0.05, 0) is 24.0 Å². The van der Waals surface area contributed by atoms with Gasteiger partial charge in [0, 0.05) is 6.42 Å². The predicted octanol–water partition coefficient (Wildman–Crippen LogP) is 3.14. The molecule has 62 valence electrons. The molecule has 1 aromatic rings. The zero-order chi connectivity index (χ0) is 8.39. The number of benzene rings is 1. The summed E-state index contributed by atoms with van der Waals surface area (Å²) in [5.41, 5.74) is 2.31. The van der Waals surface area contributed by atoms with Crippen molar-refractivity contribution in [3.63, 3.8) is 0 Å². The van der Waals surface area contributed by atoms with Gasteiger partial charge in [0.2, 0.25) is 0 Å². The van der Waals surface area contributed by atoms with E-state index in [1.807, 2.05) is 18.2 Å². The molecule has 1 nitrogen and oxygen atoms in total. The topological polar surface area (TPSA) is 20.2 Å². The van der Waals surface area contributed by atoms with Crippen molar-refractivity contribution >= 4 is 5.57 Å². The summed E-state index contributed by atoms with van der Waals surface area (Å²) in [4.78, 5) is 0. The summed E-state index contributed by atoms with van der Waals surface area (Å²) >= 11 is 0. The highest BCUT2D eigenvalue weighted by atomic mass is 16.3. The Labute approximate surface area is 72.4 Å². The first-order chi connectivity index (χ1) is 5.88. The first-order valence-electron chi connectivity index (χ1n) is 4.34. The van der Waals surface area contributed by atoms with Crippen molar-refractivity contribution in [1.29, 1.82) is 0 Å². The van der Waals surface area contributed by atoms with Gasteiger partial charge >= 0.3 is 0 Å². The smallest absolute Gasteiger partial charge is 0.0960 e. The molecular formula is C11H12O. The van der Waals surface area contributed by atoms with Crippen LogP contribution >= 0.6 is 0 Å². The van der Waals surface area contributed by atoms with Crippen molar-refractivity contribution in [3.05, 3.63) is 41.7 Å². The highest BCUT2D eigenvalue weighted by Crippen LogP contribution is 2.31. The monoisotopic (exact) mass is 160 g/mol. The van der Waals surface area contributed by atoms with E-state index in [4.69, 9.17) is 0 Å². The molecule has 0 bridgehead atoms. The Morgan fingerprint density at radius 3 is 2.33 bits per heavy atom. The lowest BCUT2D eigenvalue weighted by Gasteiger charge is -2.01. The fraction of sp³-hybridized carbons (Fsp3) is 0.273. The first-order valence-corrected chi connectivity index (χ1v) is 4.34. The Hall–Kier alpha value is -1.24. The Balaban J connectivity index is 2.37. The number of hydrogen-bond donors (Lipinski definition) is 1. The van der Waals surface area contributed by atoms with Crippen molar-refractivity contribution in [2.75, 3.05) is 0 Å². The van der Waals surface area contributed by atoms with E-state index in [2.05, 4.69) is 12.1 Å². The molecule has 0 fully saturated rings. The molecule has 1 aliphatic rings. The minimum absolute atomic E-state index is 0.584. The van der Waals surface area contributed by atoms with E-state index in [1.165, 1.54) is 5.56 Å². The van der Waals surface area contributed by atoms with Crippen LogP contribution in [-0.2, 0) is 0 Å². The van der Waals surface area contributed by atoms with Crippen molar-refractivity contribution in [2.45, 2.75) is 19.3 Å². The number of hydrogen-bond acceptors (Lipinski definition) is 1. The van der Waals surface area contributed by atoms with Crippen molar-refractivity contribution in [3.8, 4) is 0 Å². The van der Waals surface area contributed by atoms with Gasteiger partial charge in [-0.15, -0.1) is 0 Å². The van der Waals surface area contributed by atoms with Gasteiger partial charge in [-0.2, -0.15) is 0 Å². The Morgan fingerprint density at radius 2 is 1.75 bits per heavy atom. The fourth-order valence-electron chi connectivity index (χ4n) is 1.68. The predicted molar refractivity (Wildman–Crippen MR) is 49.8 cm³/mol. The SMILES string of the molecule is OC1=C(c2ccccc2)CCC1. The van der Waals surface area contributed by atoms with Gasteiger partial charge in [-0.3, -0.25) is 0 Å². The number of aliphatic hydroxyl groups is 1. The van der Waals surface area contributed by atoms with Crippen LogP contribution in [-0.4, -0.2) is 5.11 Å². The van der Waals surface area contributed by atoms with Crippen LogP contribution in [0.4, 0.5) is 0 Å². The zero-order valence-corrected chi connectivity index (χ0v) is 6.96. The van der Waals surface area contributed by atoms with Gasteiger partial charge in [-0.25, -0.2) is 0 Å². The van der Waals surface area contributed by atoms with E-state index in [0.717, 1.165) is 24.8 Å². The molecule has 1 aromatic carbocycles. The maximum atomic E-state index is 9.52. The number of allylic oxidation sites excluding steroid dienone is 2. The van der Waals surface area contributed by atoms with E-state index in [0.29, 0.717) is 5.76 Å². The molecule has 0 aromatic heterocycles. The quantitative estimate of drug-likeness (QED) is 0.669. The summed E-state index contributed by atoms with van der Waals surface area (Å²) in [5, 5.41) is 9.52. The second-order valence-corrected chi connectivity index (χ2v) is 3.14. The lowest BCUT2D eigenvalue weighted by atomic mass is 10.1. The fourth-order valence-corrected chi connectivity index (χ4v) is 1.68. The third kappa shape index (κ3) is 1.22. The number of aliphatic hydroxyl groups excluding tert-OH is 1. The first kappa shape index (κ1) is 7.41. The highest BCUT2D eigenvalue weighted by molar-refractivity contribution is 5.68. The van der Waals surface area contributed by atoms with Crippen LogP contribution < -0.4 is 0 Å². The van der Waals surface area contributed by atoms with Crippen molar-refractivity contribution < 1.29 is 5.11 Å². The van der Waals surface area contributed by atoms with Crippen LogP contribution in [0.2, 0.25) is 0 Å². The summed E-state index contributed by atoms with van der Waals surface area (Å²) in [6.07, 6.45) is 2.97. The molecule has 0 saturated heterocycles. The average Bonchev–Trinajstić information content (AvgIpc) is 2.53. The maximum absolute atomic E-state index is 9.52. The molecule has 0 radical (unpaired) electrons. The normalized spacial score (nSPS) is 17.0. The van der Waals surface area contributed by atoms with Crippen LogP contribution in [0.1, 0.15) is 24.8 Å². The molecule has 0 atom stereocenters. The van der Waals surface area contributed by atoms with Crippen LogP contribution in [0.3, 0.4) is 0 Å². The molecule has 0 unspecified atom stereocenters. The Morgan fingerprint density at radius 1 is 1.00 bits per heavy atom. The lowest BCUT2D eigenvalue weighted by molar-refractivity contribution is 0.399. The van der Waals surface area contributed by atoms with E-state index in [-0.39, 0.29) is 0 Å². The lowest BCUT2D eigenvalue weighted by Crippen LogP contribution is -1.82. The van der Waals surface area contributed by atoms with Crippen molar-refractivity contribution in [2.24, 2.45) is 0 Å². The van der Waals surface area contributed by atoms with Gasteiger partial charge in [0.05, 0.1) is 5.76 Å². The van der Waals surface area contributed by atoms with Gasteiger partial charge < -0.3 is 5.11 Å². The van der Waals surface area contributed by atoms with Gasteiger partial charge in [0.25, 0.3) is 0 Å².